The van der Waals surface area contributed by atoms with Crippen LogP contribution >= 0.6 is 0 Å². The summed E-state index contributed by atoms with van der Waals surface area (Å²) in [4.78, 5) is 8.58. The molecular weight excluding hydrogens is 154 g/mol. The van der Waals surface area contributed by atoms with Crippen molar-refractivity contribution in [2.75, 3.05) is 7.11 Å². The molecule has 1 heterocycles. The van der Waals surface area contributed by atoms with Crippen LogP contribution in [-0.2, 0) is 11.4 Å². The number of nitrogens with zero attached hydrogens (tertiary/aromatic N) is 2. The first-order valence-electron chi connectivity index (χ1n) is 3.58. The lowest BCUT2D eigenvalue weighted by Gasteiger charge is -1.95. The summed E-state index contributed by atoms with van der Waals surface area (Å²) in [6.07, 6.45) is 3.31. The van der Waals surface area contributed by atoms with E-state index < -0.39 is 0 Å². The summed E-state index contributed by atoms with van der Waals surface area (Å²) in [5.41, 5.74) is 7.19. The second-order valence-corrected chi connectivity index (χ2v) is 2.20. The second-order valence-electron chi connectivity index (χ2n) is 2.20. The van der Waals surface area contributed by atoms with E-state index in [1.807, 2.05) is 12.1 Å². The lowest BCUT2D eigenvalue weighted by Crippen LogP contribution is -1.99. The zero-order chi connectivity index (χ0) is 8.81. The summed E-state index contributed by atoms with van der Waals surface area (Å²) < 4.78 is 0. The number of oxime groups is 1. The molecule has 0 aromatic carbocycles. The molecule has 0 aliphatic rings. The van der Waals surface area contributed by atoms with Gasteiger partial charge in [0.1, 0.15) is 7.11 Å². The summed E-state index contributed by atoms with van der Waals surface area (Å²) >= 11 is 0. The first kappa shape index (κ1) is 8.67. The summed E-state index contributed by atoms with van der Waals surface area (Å²) in [5.74, 6) is 0. The molecule has 2 N–H and O–H groups in total. The Morgan fingerprint density at radius 2 is 2.58 bits per heavy atom. The van der Waals surface area contributed by atoms with Crippen LogP contribution in [-0.4, -0.2) is 18.3 Å². The van der Waals surface area contributed by atoms with Crippen LogP contribution in [0.25, 0.3) is 0 Å². The van der Waals surface area contributed by atoms with Crippen LogP contribution in [0.3, 0.4) is 0 Å². The molecule has 1 aromatic rings. The highest BCUT2D eigenvalue weighted by atomic mass is 16.6. The van der Waals surface area contributed by atoms with Crippen molar-refractivity contribution in [1.29, 1.82) is 0 Å². The number of rotatable bonds is 3. The van der Waals surface area contributed by atoms with E-state index >= 15 is 0 Å². The van der Waals surface area contributed by atoms with Gasteiger partial charge in [-0.3, -0.25) is 4.98 Å². The SMILES string of the molecule is CON=Cc1ccnc(CN)c1. The number of pyridine rings is 1. The van der Waals surface area contributed by atoms with Crippen molar-refractivity contribution in [3.63, 3.8) is 0 Å². The van der Waals surface area contributed by atoms with Gasteiger partial charge >= 0.3 is 0 Å². The van der Waals surface area contributed by atoms with Gasteiger partial charge in [0.25, 0.3) is 0 Å². The smallest absolute Gasteiger partial charge is 0.106 e. The van der Waals surface area contributed by atoms with Crippen LogP contribution in [0.15, 0.2) is 23.5 Å². The molecule has 0 amide bonds. The third-order valence-corrected chi connectivity index (χ3v) is 1.36. The fourth-order valence-electron chi connectivity index (χ4n) is 0.802. The molecule has 64 valence electrons. The third-order valence-electron chi connectivity index (χ3n) is 1.36. The first-order chi connectivity index (χ1) is 5.86. The van der Waals surface area contributed by atoms with Crippen LogP contribution in [0.2, 0.25) is 0 Å². The molecule has 0 bridgehead atoms. The van der Waals surface area contributed by atoms with Gasteiger partial charge in [0, 0.05) is 12.7 Å². The number of hydrogen-bond donors (Lipinski definition) is 1. The molecule has 4 heteroatoms. The lowest BCUT2D eigenvalue weighted by molar-refractivity contribution is 0.215. The second kappa shape index (κ2) is 4.46. The first-order valence-corrected chi connectivity index (χ1v) is 3.58. The van der Waals surface area contributed by atoms with Gasteiger partial charge in [0.15, 0.2) is 0 Å². The van der Waals surface area contributed by atoms with Crippen molar-refractivity contribution >= 4 is 6.21 Å². The Bertz CT molecular complexity index is 273. The maximum absolute atomic E-state index is 5.41. The predicted octanol–water partition coefficient (Wildman–Crippen LogP) is 0.521. The number of nitrogens with two attached hydrogens (primary N) is 1. The normalized spacial score (nSPS) is 10.5. The van der Waals surface area contributed by atoms with Gasteiger partial charge in [-0.25, -0.2) is 0 Å². The monoisotopic (exact) mass is 165 g/mol. The van der Waals surface area contributed by atoms with Gasteiger partial charge < -0.3 is 10.6 Å². The standard InChI is InChI=1S/C8H11N3O/c1-12-11-6-7-2-3-10-8(4-7)5-9/h2-4,6H,5,9H2,1H3. The van der Waals surface area contributed by atoms with Crippen molar-refractivity contribution in [3.05, 3.63) is 29.6 Å². The lowest BCUT2D eigenvalue weighted by atomic mass is 10.2. The highest BCUT2D eigenvalue weighted by molar-refractivity contribution is 5.78. The van der Waals surface area contributed by atoms with E-state index in [4.69, 9.17) is 5.73 Å². The molecule has 4 nitrogen and oxygen atoms in total. The van der Waals surface area contributed by atoms with E-state index in [-0.39, 0.29) is 0 Å². The molecule has 0 saturated carbocycles. The van der Waals surface area contributed by atoms with E-state index in [2.05, 4.69) is 15.0 Å². The highest BCUT2D eigenvalue weighted by Gasteiger charge is 1.91. The largest absolute Gasteiger partial charge is 0.399 e. The minimum Gasteiger partial charge on any atom is -0.399 e. The van der Waals surface area contributed by atoms with Crippen LogP contribution < -0.4 is 5.73 Å². The van der Waals surface area contributed by atoms with Crippen molar-refractivity contribution < 1.29 is 4.84 Å². The van der Waals surface area contributed by atoms with Crippen molar-refractivity contribution in [2.45, 2.75) is 6.54 Å². The van der Waals surface area contributed by atoms with Crippen molar-refractivity contribution in [3.8, 4) is 0 Å². The Labute approximate surface area is 71.0 Å². The van der Waals surface area contributed by atoms with Crippen LogP contribution in [0, 0.1) is 0 Å². The highest BCUT2D eigenvalue weighted by Crippen LogP contribution is 1.97. The zero-order valence-electron chi connectivity index (χ0n) is 6.90. The van der Waals surface area contributed by atoms with E-state index in [1.54, 1.807) is 12.4 Å². The maximum atomic E-state index is 5.41. The van der Waals surface area contributed by atoms with Gasteiger partial charge in [0.2, 0.25) is 0 Å². The molecule has 0 atom stereocenters. The fourth-order valence-corrected chi connectivity index (χ4v) is 0.802. The fraction of sp³-hybridized carbons (Fsp3) is 0.250. The minimum atomic E-state index is 0.439. The molecule has 0 aliphatic carbocycles. The Morgan fingerprint density at radius 3 is 3.25 bits per heavy atom. The summed E-state index contributed by atoms with van der Waals surface area (Å²) in [6.45, 7) is 0.439. The molecule has 1 aromatic heterocycles. The number of hydrogen-bond acceptors (Lipinski definition) is 4. The molecular formula is C8H11N3O. The maximum Gasteiger partial charge on any atom is 0.106 e. The molecule has 0 saturated heterocycles. The van der Waals surface area contributed by atoms with E-state index in [0.717, 1.165) is 11.3 Å². The van der Waals surface area contributed by atoms with Gasteiger partial charge in [-0.1, -0.05) is 5.16 Å². The van der Waals surface area contributed by atoms with Crippen LogP contribution in [0.1, 0.15) is 11.3 Å². The average molecular weight is 165 g/mol. The number of aromatic nitrogens is 1. The minimum absolute atomic E-state index is 0.439. The Morgan fingerprint density at radius 1 is 1.75 bits per heavy atom. The van der Waals surface area contributed by atoms with Gasteiger partial charge in [-0.15, -0.1) is 0 Å². The molecule has 0 aliphatic heterocycles. The molecule has 0 radical (unpaired) electrons. The Hall–Kier alpha value is -1.42. The van der Waals surface area contributed by atoms with Gasteiger partial charge in [0.05, 0.1) is 11.9 Å². The van der Waals surface area contributed by atoms with E-state index in [9.17, 15) is 0 Å². The van der Waals surface area contributed by atoms with Crippen molar-refractivity contribution in [2.24, 2.45) is 10.9 Å². The molecule has 0 spiro atoms. The summed E-state index contributed by atoms with van der Waals surface area (Å²) in [5, 5.41) is 3.62. The van der Waals surface area contributed by atoms with Crippen molar-refractivity contribution in [1.82, 2.24) is 4.98 Å². The predicted molar refractivity (Wildman–Crippen MR) is 46.7 cm³/mol. The topological polar surface area (TPSA) is 60.5 Å². The van der Waals surface area contributed by atoms with Crippen LogP contribution in [0.4, 0.5) is 0 Å². The van der Waals surface area contributed by atoms with Gasteiger partial charge in [-0.05, 0) is 17.7 Å². The zero-order valence-corrected chi connectivity index (χ0v) is 6.90. The Kier molecular flexibility index (Phi) is 3.22. The third kappa shape index (κ3) is 2.32. The quantitative estimate of drug-likeness (QED) is 0.524. The average Bonchev–Trinajstić information content (AvgIpc) is 2.15. The van der Waals surface area contributed by atoms with E-state index in [1.165, 1.54) is 7.11 Å². The molecule has 12 heavy (non-hydrogen) atoms. The van der Waals surface area contributed by atoms with Crippen LogP contribution in [0.5, 0.6) is 0 Å². The molecule has 0 fully saturated rings. The summed E-state index contributed by atoms with van der Waals surface area (Å²) in [7, 11) is 1.50. The molecule has 0 unspecified atom stereocenters. The molecule has 1 rings (SSSR count). The van der Waals surface area contributed by atoms with E-state index in [0.29, 0.717) is 6.54 Å². The summed E-state index contributed by atoms with van der Waals surface area (Å²) in [6, 6.07) is 3.70. The van der Waals surface area contributed by atoms with Gasteiger partial charge in [-0.2, -0.15) is 0 Å². The Balaban J connectivity index is 2.79.